The molecule has 0 spiro atoms. The molecule has 0 aliphatic carbocycles. The van der Waals surface area contributed by atoms with Crippen LogP contribution in [0.3, 0.4) is 0 Å². The average molecular weight is 216 g/mol. The number of hydrogen-bond acceptors (Lipinski definition) is 1. The van der Waals surface area contributed by atoms with E-state index in [-0.39, 0.29) is 5.15 Å². The van der Waals surface area contributed by atoms with Crippen LogP contribution in [-0.2, 0) is 6.18 Å². The van der Waals surface area contributed by atoms with Gasteiger partial charge in [0.05, 0.1) is 5.02 Å². The van der Waals surface area contributed by atoms with Crippen LogP contribution in [0.5, 0.6) is 0 Å². The molecule has 0 aliphatic rings. The first-order valence-electron chi connectivity index (χ1n) is 2.80. The van der Waals surface area contributed by atoms with E-state index in [0.717, 1.165) is 6.07 Å². The Balaban J connectivity index is 3.23. The second kappa shape index (κ2) is 3.11. The maximum absolute atomic E-state index is 12.0. The minimum Gasteiger partial charge on any atom is -0.230 e. The van der Waals surface area contributed by atoms with Crippen LogP contribution in [0.1, 0.15) is 5.69 Å². The molecule has 0 saturated heterocycles. The second-order valence-electron chi connectivity index (χ2n) is 1.96. The highest BCUT2D eigenvalue weighted by molar-refractivity contribution is 6.32. The summed E-state index contributed by atoms with van der Waals surface area (Å²) in [7, 11) is 0. The van der Waals surface area contributed by atoms with E-state index in [4.69, 9.17) is 23.2 Å². The van der Waals surface area contributed by atoms with Crippen molar-refractivity contribution in [2.45, 2.75) is 6.18 Å². The van der Waals surface area contributed by atoms with Crippen molar-refractivity contribution in [2.75, 3.05) is 0 Å². The zero-order valence-corrected chi connectivity index (χ0v) is 7.00. The Labute approximate surface area is 76.1 Å². The minimum absolute atomic E-state index is 0.230. The Morgan fingerprint density at radius 3 is 2.17 bits per heavy atom. The molecule has 6 heteroatoms. The third-order valence-electron chi connectivity index (χ3n) is 1.08. The van der Waals surface area contributed by atoms with Crippen LogP contribution in [0.4, 0.5) is 13.2 Å². The molecule has 0 atom stereocenters. The van der Waals surface area contributed by atoms with Gasteiger partial charge in [0.25, 0.3) is 0 Å². The Morgan fingerprint density at radius 2 is 1.75 bits per heavy atom. The van der Waals surface area contributed by atoms with Gasteiger partial charge in [-0.3, -0.25) is 0 Å². The molecule has 0 amide bonds. The van der Waals surface area contributed by atoms with Gasteiger partial charge in [0.2, 0.25) is 0 Å². The lowest BCUT2D eigenvalue weighted by Gasteiger charge is -2.06. The SMILES string of the molecule is FC(F)(F)c1nc(Cl)ccc1Cl. The van der Waals surface area contributed by atoms with E-state index in [1.54, 1.807) is 0 Å². The van der Waals surface area contributed by atoms with Gasteiger partial charge in [0.1, 0.15) is 5.15 Å². The highest BCUT2D eigenvalue weighted by Gasteiger charge is 2.35. The number of aromatic nitrogens is 1. The molecule has 0 fully saturated rings. The van der Waals surface area contributed by atoms with Crippen molar-refractivity contribution in [1.82, 2.24) is 4.98 Å². The van der Waals surface area contributed by atoms with E-state index >= 15 is 0 Å². The molecule has 0 bridgehead atoms. The minimum atomic E-state index is -4.55. The van der Waals surface area contributed by atoms with Crippen LogP contribution in [0.15, 0.2) is 12.1 Å². The highest BCUT2D eigenvalue weighted by Crippen LogP contribution is 2.33. The number of alkyl halides is 3. The van der Waals surface area contributed by atoms with Crippen LogP contribution in [0, 0.1) is 0 Å². The van der Waals surface area contributed by atoms with E-state index in [1.807, 2.05) is 0 Å². The first-order valence-corrected chi connectivity index (χ1v) is 3.56. The number of pyridine rings is 1. The summed E-state index contributed by atoms with van der Waals surface area (Å²) < 4.78 is 36.1. The Morgan fingerprint density at radius 1 is 1.17 bits per heavy atom. The summed E-state index contributed by atoms with van der Waals surface area (Å²) in [5.41, 5.74) is -1.16. The molecule has 1 aromatic rings. The lowest BCUT2D eigenvalue weighted by atomic mass is 10.3. The van der Waals surface area contributed by atoms with Gasteiger partial charge >= 0.3 is 6.18 Å². The standard InChI is InChI=1S/C6H2Cl2F3N/c7-3-1-2-4(8)12-5(3)6(9,10)11/h1-2H. The zero-order valence-electron chi connectivity index (χ0n) is 5.49. The molecule has 0 aliphatic heterocycles. The smallest absolute Gasteiger partial charge is 0.230 e. The van der Waals surface area contributed by atoms with Crippen LogP contribution in [0.2, 0.25) is 10.2 Å². The van der Waals surface area contributed by atoms with Gasteiger partial charge < -0.3 is 0 Å². The van der Waals surface area contributed by atoms with Crippen molar-refractivity contribution in [1.29, 1.82) is 0 Å². The van der Waals surface area contributed by atoms with E-state index in [9.17, 15) is 13.2 Å². The Bertz CT molecular complexity index is 297. The van der Waals surface area contributed by atoms with Crippen molar-refractivity contribution in [2.24, 2.45) is 0 Å². The topological polar surface area (TPSA) is 12.9 Å². The Kier molecular flexibility index (Phi) is 2.49. The molecular formula is C6H2Cl2F3N. The number of halogens is 5. The van der Waals surface area contributed by atoms with Crippen LogP contribution in [0.25, 0.3) is 0 Å². The van der Waals surface area contributed by atoms with Gasteiger partial charge in [-0.15, -0.1) is 0 Å². The van der Waals surface area contributed by atoms with Crippen LogP contribution >= 0.6 is 23.2 Å². The van der Waals surface area contributed by atoms with E-state index in [2.05, 4.69) is 4.98 Å². The lowest BCUT2D eigenvalue weighted by Crippen LogP contribution is -2.08. The molecule has 12 heavy (non-hydrogen) atoms. The summed E-state index contributed by atoms with van der Waals surface area (Å²) >= 11 is 10.5. The Hall–Kier alpha value is -0.480. The maximum Gasteiger partial charge on any atom is 0.434 e. The fourth-order valence-electron chi connectivity index (χ4n) is 0.617. The highest BCUT2D eigenvalue weighted by atomic mass is 35.5. The molecule has 1 rings (SSSR count). The summed E-state index contributed by atoms with van der Waals surface area (Å²) in [4.78, 5) is 3.05. The third-order valence-corrected chi connectivity index (χ3v) is 1.60. The molecule has 1 heterocycles. The van der Waals surface area contributed by atoms with E-state index in [0.29, 0.717) is 0 Å². The molecule has 0 unspecified atom stereocenters. The monoisotopic (exact) mass is 215 g/mol. The van der Waals surface area contributed by atoms with Crippen molar-refractivity contribution in [3.63, 3.8) is 0 Å². The molecule has 0 radical (unpaired) electrons. The fourth-order valence-corrected chi connectivity index (χ4v) is 0.977. The van der Waals surface area contributed by atoms with Gasteiger partial charge in [-0.1, -0.05) is 23.2 Å². The molecule has 1 aromatic heterocycles. The van der Waals surface area contributed by atoms with Gasteiger partial charge in [0.15, 0.2) is 5.69 Å². The molecule has 66 valence electrons. The molecule has 0 saturated carbocycles. The predicted molar refractivity (Wildman–Crippen MR) is 39.3 cm³/mol. The number of rotatable bonds is 0. The lowest BCUT2D eigenvalue weighted by molar-refractivity contribution is -0.141. The molecule has 1 nitrogen and oxygen atoms in total. The summed E-state index contributed by atoms with van der Waals surface area (Å²) in [5.74, 6) is 0. The molecular weight excluding hydrogens is 214 g/mol. The summed E-state index contributed by atoms with van der Waals surface area (Å²) in [6.45, 7) is 0. The normalized spacial score (nSPS) is 11.8. The maximum atomic E-state index is 12.0. The van der Waals surface area contributed by atoms with Crippen molar-refractivity contribution in [3.05, 3.63) is 28.0 Å². The van der Waals surface area contributed by atoms with E-state index in [1.165, 1.54) is 6.07 Å². The first kappa shape index (κ1) is 9.61. The number of hydrogen-bond donors (Lipinski definition) is 0. The van der Waals surface area contributed by atoms with Crippen molar-refractivity contribution < 1.29 is 13.2 Å². The van der Waals surface area contributed by atoms with Gasteiger partial charge in [-0.25, -0.2) is 4.98 Å². The number of nitrogens with zero attached hydrogens (tertiary/aromatic N) is 1. The summed E-state index contributed by atoms with van der Waals surface area (Å²) in [6.07, 6.45) is -4.55. The zero-order chi connectivity index (χ0) is 9.35. The van der Waals surface area contributed by atoms with Crippen LogP contribution in [-0.4, -0.2) is 4.98 Å². The van der Waals surface area contributed by atoms with Crippen molar-refractivity contribution in [3.8, 4) is 0 Å². The second-order valence-corrected chi connectivity index (χ2v) is 2.76. The van der Waals surface area contributed by atoms with Crippen LogP contribution < -0.4 is 0 Å². The third kappa shape index (κ3) is 2.01. The molecule has 0 N–H and O–H groups in total. The molecule has 0 aromatic carbocycles. The van der Waals surface area contributed by atoms with Gasteiger partial charge in [-0.05, 0) is 12.1 Å². The largest absolute Gasteiger partial charge is 0.434 e. The first-order chi connectivity index (χ1) is 5.41. The average Bonchev–Trinajstić information content (AvgIpc) is 1.92. The fraction of sp³-hybridized carbons (Fsp3) is 0.167. The summed E-state index contributed by atoms with van der Waals surface area (Å²) in [5, 5.41) is -0.682. The predicted octanol–water partition coefficient (Wildman–Crippen LogP) is 3.41. The summed E-state index contributed by atoms with van der Waals surface area (Å²) in [6, 6.07) is 2.25. The quantitative estimate of drug-likeness (QED) is 0.605. The van der Waals surface area contributed by atoms with Gasteiger partial charge in [0, 0.05) is 0 Å². The van der Waals surface area contributed by atoms with Gasteiger partial charge in [-0.2, -0.15) is 13.2 Å². The van der Waals surface area contributed by atoms with E-state index < -0.39 is 16.9 Å². The van der Waals surface area contributed by atoms with Crippen molar-refractivity contribution >= 4 is 23.2 Å².